The van der Waals surface area contributed by atoms with Gasteiger partial charge in [-0.05, 0) is 87.2 Å². The summed E-state index contributed by atoms with van der Waals surface area (Å²) >= 11 is 0. The fourth-order valence-corrected chi connectivity index (χ4v) is 6.78. The number of rotatable bonds is 3. The fraction of sp³-hybridized carbons (Fsp3) is 0.727. The molecule has 1 atom stereocenters. The molecule has 1 aromatic rings. The third-order valence-corrected chi connectivity index (χ3v) is 7.67. The van der Waals surface area contributed by atoms with Crippen LogP contribution in [-0.4, -0.2) is 39.6 Å². The zero-order valence-corrected chi connectivity index (χ0v) is 16.0. The summed E-state index contributed by atoms with van der Waals surface area (Å²) in [7, 11) is 0. The van der Waals surface area contributed by atoms with Crippen molar-refractivity contribution >= 4 is 6.03 Å². The smallest absolute Gasteiger partial charge is 0.317 e. The largest absolute Gasteiger partial charge is 0.387 e. The van der Waals surface area contributed by atoms with E-state index in [9.17, 15) is 9.90 Å². The van der Waals surface area contributed by atoms with Gasteiger partial charge >= 0.3 is 6.03 Å². The molecule has 5 fully saturated rings. The molecule has 2 amide bonds. The molecule has 0 aromatic carbocycles. The average molecular weight is 370 g/mol. The Labute approximate surface area is 161 Å². The number of carbonyl (C=O) groups is 1. The third kappa shape index (κ3) is 3.35. The second kappa shape index (κ2) is 6.77. The second-order valence-corrected chi connectivity index (χ2v) is 9.65. The summed E-state index contributed by atoms with van der Waals surface area (Å²) in [6, 6.07) is 5.80. The number of piperidine rings is 1. The highest BCUT2D eigenvalue weighted by Gasteiger charge is 2.51. The highest BCUT2D eigenvalue weighted by atomic mass is 16.3. The van der Waals surface area contributed by atoms with Gasteiger partial charge in [-0.25, -0.2) is 4.79 Å². The molecular weight excluding hydrogens is 338 g/mol. The lowest BCUT2D eigenvalue weighted by atomic mass is 9.53. The summed E-state index contributed by atoms with van der Waals surface area (Å²) in [5.41, 5.74) is 0.824. The van der Waals surface area contributed by atoms with Gasteiger partial charge in [-0.3, -0.25) is 4.98 Å². The lowest BCUT2D eigenvalue weighted by Gasteiger charge is -2.57. The zero-order valence-electron chi connectivity index (χ0n) is 16.0. The number of aromatic nitrogens is 1. The number of aliphatic hydroxyl groups is 1. The second-order valence-electron chi connectivity index (χ2n) is 9.65. The minimum atomic E-state index is -0.528. The normalized spacial score (nSPS) is 36.6. The van der Waals surface area contributed by atoms with E-state index >= 15 is 0 Å². The van der Waals surface area contributed by atoms with Crippen LogP contribution in [0.15, 0.2) is 24.4 Å². The Bertz CT molecular complexity index is 649. The van der Waals surface area contributed by atoms with Crippen molar-refractivity contribution in [3.05, 3.63) is 30.1 Å². The Morgan fingerprint density at radius 1 is 1.11 bits per heavy atom. The lowest BCUT2D eigenvalue weighted by Crippen LogP contribution is -2.62. The zero-order chi connectivity index (χ0) is 18.4. The Morgan fingerprint density at radius 3 is 2.30 bits per heavy atom. The van der Waals surface area contributed by atoms with Gasteiger partial charge in [-0.2, -0.15) is 0 Å². The molecule has 27 heavy (non-hydrogen) atoms. The minimum absolute atomic E-state index is 0.0795. The maximum Gasteiger partial charge on any atom is 0.317 e. The van der Waals surface area contributed by atoms with Crippen molar-refractivity contribution in [2.24, 2.45) is 23.7 Å². The van der Waals surface area contributed by atoms with Gasteiger partial charge in [-0.1, -0.05) is 6.07 Å². The minimum Gasteiger partial charge on any atom is -0.387 e. The molecule has 5 nitrogen and oxygen atoms in total. The molecule has 1 saturated heterocycles. The van der Waals surface area contributed by atoms with Crippen molar-refractivity contribution in [2.45, 2.75) is 63.0 Å². The van der Waals surface area contributed by atoms with Crippen molar-refractivity contribution in [1.82, 2.24) is 15.2 Å². The number of urea groups is 1. The van der Waals surface area contributed by atoms with E-state index in [1.54, 1.807) is 6.20 Å². The molecule has 0 radical (unpaired) electrons. The highest BCUT2D eigenvalue weighted by molar-refractivity contribution is 5.75. The van der Waals surface area contributed by atoms with Crippen LogP contribution in [0.4, 0.5) is 4.79 Å². The molecular formula is C22H31N3O2. The van der Waals surface area contributed by atoms with Crippen LogP contribution < -0.4 is 5.32 Å². The average Bonchev–Trinajstić information content (AvgIpc) is 2.67. The van der Waals surface area contributed by atoms with Crippen LogP contribution in [0, 0.1) is 23.7 Å². The third-order valence-electron chi connectivity index (χ3n) is 7.67. The number of aliphatic hydroxyl groups excluding tert-OH is 1. The van der Waals surface area contributed by atoms with Gasteiger partial charge in [0.05, 0.1) is 11.8 Å². The van der Waals surface area contributed by atoms with E-state index in [2.05, 4.69) is 10.3 Å². The fourth-order valence-electron chi connectivity index (χ4n) is 6.78. The molecule has 1 aromatic heterocycles. The van der Waals surface area contributed by atoms with Crippen LogP contribution in [0.1, 0.15) is 63.2 Å². The molecule has 6 rings (SSSR count). The van der Waals surface area contributed by atoms with E-state index in [1.807, 2.05) is 23.1 Å². The molecule has 0 unspecified atom stereocenters. The number of nitrogens with one attached hydrogen (secondary N) is 1. The van der Waals surface area contributed by atoms with Gasteiger partial charge in [0.1, 0.15) is 0 Å². The van der Waals surface area contributed by atoms with E-state index in [0.717, 1.165) is 49.4 Å². The first kappa shape index (κ1) is 17.5. The lowest BCUT2D eigenvalue weighted by molar-refractivity contribution is -0.0169. The summed E-state index contributed by atoms with van der Waals surface area (Å²) in [6.45, 7) is 1.46. The molecule has 5 aliphatic rings. The number of carbonyl (C=O) groups excluding carboxylic acids is 1. The van der Waals surface area contributed by atoms with Crippen LogP contribution >= 0.6 is 0 Å². The number of likely N-dealkylation sites (tertiary alicyclic amines) is 1. The van der Waals surface area contributed by atoms with Crippen LogP contribution in [0.2, 0.25) is 0 Å². The van der Waals surface area contributed by atoms with E-state index in [4.69, 9.17) is 0 Å². The van der Waals surface area contributed by atoms with Gasteiger partial charge in [0.15, 0.2) is 0 Å². The molecule has 4 aliphatic carbocycles. The molecule has 4 saturated carbocycles. The number of nitrogens with zero attached hydrogens (tertiary/aromatic N) is 2. The van der Waals surface area contributed by atoms with Crippen LogP contribution in [-0.2, 0) is 0 Å². The number of hydrogen-bond donors (Lipinski definition) is 2. The predicted molar refractivity (Wildman–Crippen MR) is 103 cm³/mol. The summed E-state index contributed by atoms with van der Waals surface area (Å²) in [6.07, 6.45) is 10.6. The topological polar surface area (TPSA) is 65.5 Å². The van der Waals surface area contributed by atoms with Crippen LogP contribution in [0.25, 0.3) is 0 Å². The maximum atomic E-state index is 13.0. The summed E-state index contributed by atoms with van der Waals surface area (Å²) in [4.78, 5) is 19.2. The molecule has 1 aliphatic heterocycles. The van der Waals surface area contributed by atoms with Gasteiger partial charge in [-0.15, -0.1) is 0 Å². The Morgan fingerprint density at radius 2 is 1.74 bits per heavy atom. The Hall–Kier alpha value is -1.62. The van der Waals surface area contributed by atoms with E-state index in [0.29, 0.717) is 0 Å². The summed E-state index contributed by atoms with van der Waals surface area (Å²) < 4.78 is 0. The van der Waals surface area contributed by atoms with Crippen LogP contribution in [0.3, 0.4) is 0 Å². The monoisotopic (exact) mass is 369 g/mol. The van der Waals surface area contributed by atoms with Crippen molar-refractivity contribution < 1.29 is 9.90 Å². The molecule has 0 spiro atoms. The molecule has 2 heterocycles. The van der Waals surface area contributed by atoms with Gasteiger partial charge < -0.3 is 15.3 Å². The summed E-state index contributed by atoms with van der Waals surface area (Å²) in [5, 5.41) is 14.1. The molecule has 4 bridgehead atoms. The quantitative estimate of drug-likeness (QED) is 0.857. The molecule has 146 valence electrons. The SMILES string of the molecule is O=C(NC12CC3CC(CC(C3)C1)C2)N1CCC([C@H](O)c2ccccn2)CC1. The molecule has 5 heteroatoms. The van der Waals surface area contributed by atoms with E-state index < -0.39 is 6.10 Å². The van der Waals surface area contributed by atoms with Gasteiger partial charge in [0.25, 0.3) is 0 Å². The Kier molecular flexibility index (Phi) is 4.38. The Balaban J connectivity index is 1.17. The number of amides is 2. The van der Waals surface area contributed by atoms with Crippen molar-refractivity contribution in [3.63, 3.8) is 0 Å². The van der Waals surface area contributed by atoms with E-state index in [-0.39, 0.29) is 17.5 Å². The van der Waals surface area contributed by atoms with Crippen LogP contribution in [0.5, 0.6) is 0 Å². The number of hydrogen-bond acceptors (Lipinski definition) is 3. The standard InChI is InChI=1S/C22H31N3O2/c26-20(19-3-1-2-6-23-19)18-4-7-25(8-5-18)21(27)24-22-12-15-9-16(13-22)11-17(10-15)14-22/h1-3,6,15-18,20,26H,4-5,7-14H2,(H,24,27)/t15?,16?,17?,20-,22?/m0/s1. The molecule has 2 N–H and O–H groups in total. The first-order valence-electron chi connectivity index (χ1n) is 10.8. The van der Waals surface area contributed by atoms with Crippen molar-refractivity contribution in [3.8, 4) is 0 Å². The van der Waals surface area contributed by atoms with Crippen molar-refractivity contribution in [1.29, 1.82) is 0 Å². The first-order chi connectivity index (χ1) is 13.1. The predicted octanol–water partition coefficient (Wildman–Crippen LogP) is 3.51. The van der Waals surface area contributed by atoms with Gasteiger partial charge in [0.2, 0.25) is 0 Å². The van der Waals surface area contributed by atoms with E-state index in [1.165, 1.54) is 38.5 Å². The number of pyridine rings is 1. The summed E-state index contributed by atoms with van der Waals surface area (Å²) in [5.74, 6) is 2.71. The van der Waals surface area contributed by atoms with Crippen molar-refractivity contribution in [2.75, 3.05) is 13.1 Å². The highest BCUT2D eigenvalue weighted by Crippen LogP contribution is 2.55. The maximum absolute atomic E-state index is 13.0. The van der Waals surface area contributed by atoms with Gasteiger partial charge in [0, 0.05) is 24.8 Å². The first-order valence-corrected chi connectivity index (χ1v) is 10.8.